The van der Waals surface area contributed by atoms with Crippen LogP contribution in [-0.4, -0.2) is 13.3 Å². The van der Waals surface area contributed by atoms with Crippen LogP contribution < -0.4 is 16.0 Å². The average Bonchev–Trinajstić information content (AvgIpc) is 2.19. The van der Waals surface area contributed by atoms with E-state index in [1.54, 1.807) is 12.3 Å². The molecule has 0 bridgehead atoms. The van der Waals surface area contributed by atoms with Crippen LogP contribution in [0.15, 0.2) is 18.2 Å². The van der Waals surface area contributed by atoms with Crippen LogP contribution in [-0.2, 0) is 0 Å². The van der Waals surface area contributed by atoms with E-state index in [9.17, 15) is 13.2 Å². The molecule has 6 heteroatoms. The van der Waals surface area contributed by atoms with Gasteiger partial charge in [-0.2, -0.15) is 13.2 Å². The van der Waals surface area contributed by atoms with Crippen molar-refractivity contribution in [2.75, 3.05) is 7.11 Å². The maximum atomic E-state index is 12.6. The van der Waals surface area contributed by atoms with E-state index in [0.29, 0.717) is 11.3 Å². The van der Waals surface area contributed by atoms with E-state index in [2.05, 4.69) is 0 Å². The molecule has 0 aliphatic rings. The minimum atomic E-state index is -4.42. The molecule has 1 aromatic rings. The van der Waals surface area contributed by atoms with Crippen molar-refractivity contribution < 1.29 is 17.9 Å². The van der Waals surface area contributed by atoms with Gasteiger partial charge in [0.15, 0.2) is 0 Å². The molecule has 0 aromatic heterocycles. The van der Waals surface area contributed by atoms with Crippen LogP contribution >= 0.6 is 0 Å². The van der Waals surface area contributed by atoms with Crippen LogP contribution in [0.2, 0.25) is 0 Å². The highest BCUT2D eigenvalue weighted by molar-refractivity contribution is 5.37. The number of nitrogens with two attached hydrogens (primary N) is 1. The highest BCUT2D eigenvalue weighted by Crippen LogP contribution is 2.34. The summed E-state index contributed by atoms with van der Waals surface area (Å²) in [4.78, 5) is 0. The molecular weight excluding hydrogens is 221 g/mol. The van der Waals surface area contributed by atoms with Crippen LogP contribution in [0, 0.1) is 6.92 Å². The first-order valence-corrected chi connectivity index (χ1v) is 4.57. The Morgan fingerprint density at radius 1 is 1.38 bits per heavy atom. The number of aryl methyl sites for hydroxylation is 1. The van der Waals surface area contributed by atoms with Crippen LogP contribution in [0.1, 0.15) is 17.2 Å². The summed E-state index contributed by atoms with van der Waals surface area (Å²) in [6.07, 6.45) is -4.42. The summed E-state index contributed by atoms with van der Waals surface area (Å²) in [5.41, 5.74) is 2.34. The summed E-state index contributed by atoms with van der Waals surface area (Å²) < 4.78 is 42.7. The quantitative estimate of drug-likeness (QED) is 0.621. The highest BCUT2D eigenvalue weighted by atomic mass is 19.4. The normalized spacial score (nSPS) is 13.6. The van der Waals surface area contributed by atoms with Gasteiger partial charge in [0.2, 0.25) is 0 Å². The summed E-state index contributed by atoms with van der Waals surface area (Å²) >= 11 is 0. The van der Waals surface area contributed by atoms with Crippen molar-refractivity contribution in [2.45, 2.75) is 19.1 Å². The Labute approximate surface area is 91.4 Å². The molecule has 0 fully saturated rings. The molecule has 0 aliphatic carbocycles. The van der Waals surface area contributed by atoms with Crippen molar-refractivity contribution in [1.82, 2.24) is 5.43 Å². The molecule has 1 aromatic carbocycles. The van der Waals surface area contributed by atoms with Gasteiger partial charge >= 0.3 is 6.18 Å². The molecule has 0 amide bonds. The van der Waals surface area contributed by atoms with Crippen molar-refractivity contribution in [3.63, 3.8) is 0 Å². The monoisotopic (exact) mass is 234 g/mol. The molecule has 90 valence electrons. The molecule has 0 radical (unpaired) electrons. The van der Waals surface area contributed by atoms with Gasteiger partial charge in [0.25, 0.3) is 0 Å². The number of alkyl halides is 3. The predicted molar refractivity (Wildman–Crippen MR) is 53.9 cm³/mol. The lowest BCUT2D eigenvalue weighted by Gasteiger charge is -2.21. The lowest BCUT2D eigenvalue weighted by atomic mass is 10.0. The molecule has 1 unspecified atom stereocenters. The van der Waals surface area contributed by atoms with Gasteiger partial charge in [-0.15, -0.1) is 0 Å². The topological polar surface area (TPSA) is 47.3 Å². The molecule has 0 aliphatic heterocycles. The Balaban J connectivity index is 3.12. The Morgan fingerprint density at radius 2 is 2.00 bits per heavy atom. The van der Waals surface area contributed by atoms with E-state index in [1.165, 1.54) is 25.3 Å². The fraction of sp³-hybridized carbons (Fsp3) is 0.400. The largest absolute Gasteiger partial charge is 0.497 e. The first kappa shape index (κ1) is 12.8. The molecule has 1 rings (SSSR count). The summed E-state index contributed by atoms with van der Waals surface area (Å²) in [7, 11) is 1.46. The molecule has 1 atom stereocenters. The van der Waals surface area contributed by atoms with Crippen molar-refractivity contribution >= 4 is 0 Å². The Hall–Kier alpha value is -1.27. The molecule has 0 saturated heterocycles. The van der Waals surface area contributed by atoms with E-state index < -0.39 is 12.2 Å². The average molecular weight is 234 g/mol. The maximum absolute atomic E-state index is 12.6. The zero-order valence-electron chi connectivity index (χ0n) is 8.93. The highest BCUT2D eigenvalue weighted by Gasteiger charge is 2.40. The maximum Gasteiger partial charge on any atom is 0.409 e. The molecule has 0 spiro atoms. The third-order valence-corrected chi connectivity index (χ3v) is 2.28. The third-order valence-electron chi connectivity index (χ3n) is 2.28. The summed E-state index contributed by atoms with van der Waals surface area (Å²) in [5.74, 6) is 5.44. The second kappa shape index (κ2) is 4.71. The Bertz CT molecular complexity index is 366. The molecular formula is C10H13F3N2O. The van der Waals surface area contributed by atoms with E-state index in [4.69, 9.17) is 10.6 Å². The van der Waals surface area contributed by atoms with Gasteiger partial charge < -0.3 is 4.74 Å². The molecule has 0 heterocycles. The van der Waals surface area contributed by atoms with Crippen molar-refractivity contribution in [1.29, 1.82) is 0 Å². The zero-order valence-corrected chi connectivity index (χ0v) is 8.93. The van der Waals surface area contributed by atoms with Gasteiger partial charge in [0.05, 0.1) is 7.11 Å². The number of halogens is 3. The Kier molecular flexibility index (Phi) is 3.77. The fourth-order valence-corrected chi connectivity index (χ4v) is 1.46. The number of methoxy groups -OCH3 is 1. The standard InChI is InChI=1S/C10H13F3N2O/c1-6-5-7(16-2)3-4-8(6)9(15-14)10(11,12)13/h3-5,9,15H,14H2,1-2H3. The van der Waals surface area contributed by atoms with Gasteiger partial charge in [0.1, 0.15) is 11.8 Å². The van der Waals surface area contributed by atoms with E-state index in [-0.39, 0.29) is 5.56 Å². The number of hydrazine groups is 1. The molecule has 3 N–H and O–H groups in total. The van der Waals surface area contributed by atoms with Gasteiger partial charge in [0, 0.05) is 0 Å². The number of nitrogens with one attached hydrogen (secondary N) is 1. The third kappa shape index (κ3) is 2.65. The molecule has 0 saturated carbocycles. The lowest BCUT2D eigenvalue weighted by Crippen LogP contribution is -2.38. The minimum absolute atomic E-state index is 0.0933. The van der Waals surface area contributed by atoms with Crippen LogP contribution in [0.5, 0.6) is 5.75 Å². The summed E-state index contributed by atoms with van der Waals surface area (Å²) in [6, 6.07) is 2.49. The van der Waals surface area contributed by atoms with Crippen molar-refractivity contribution in [2.24, 2.45) is 5.84 Å². The zero-order chi connectivity index (χ0) is 12.3. The number of benzene rings is 1. The number of hydrogen-bond acceptors (Lipinski definition) is 3. The van der Waals surface area contributed by atoms with Gasteiger partial charge in [-0.1, -0.05) is 6.07 Å². The first-order valence-electron chi connectivity index (χ1n) is 4.57. The second-order valence-electron chi connectivity index (χ2n) is 3.36. The lowest BCUT2D eigenvalue weighted by molar-refractivity contribution is -0.158. The van der Waals surface area contributed by atoms with Gasteiger partial charge in [-0.3, -0.25) is 5.84 Å². The summed E-state index contributed by atoms with van der Waals surface area (Å²) in [6.45, 7) is 1.58. The summed E-state index contributed by atoms with van der Waals surface area (Å²) in [5, 5.41) is 0. The molecule has 3 nitrogen and oxygen atoms in total. The predicted octanol–water partition coefficient (Wildman–Crippen LogP) is 2.07. The van der Waals surface area contributed by atoms with Crippen LogP contribution in [0.4, 0.5) is 13.2 Å². The number of ether oxygens (including phenoxy) is 1. The van der Waals surface area contributed by atoms with E-state index in [0.717, 1.165) is 0 Å². The first-order chi connectivity index (χ1) is 7.40. The van der Waals surface area contributed by atoms with Crippen molar-refractivity contribution in [3.8, 4) is 5.75 Å². The van der Waals surface area contributed by atoms with Gasteiger partial charge in [-0.25, -0.2) is 5.43 Å². The van der Waals surface area contributed by atoms with E-state index >= 15 is 0 Å². The van der Waals surface area contributed by atoms with E-state index in [1.807, 2.05) is 0 Å². The van der Waals surface area contributed by atoms with Crippen LogP contribution in [0.3, 0.4) is 0 Å². The van der Waals surface area contributed by atoms with Crippen LogP contribution in [0.25, 0.3) is 0 Å². The smallest absolute Gasteiger partial charge is 0.409 e. The Morgan fingerprint density at radius 3 is 2.38 bits per heavy atom. The molecule has 16 heavy (non-hydrogen) atoms. The second-order valence-corrected chi connectivity index (χ2v) is 3.36. The fourth-order valence-electron chi connectivity index (χ4n) is 1.46. The van der Waals surface area contributed by atoms with Crippen molar-refractivity contribution in [3.05, 3.63) is 29.3 Å². The van der Waals surface area contributed by atoms with Gasteiger partial charge in [-0.05, 0) is 30.2 Å². The SMILES string of the molecule is COc1ccc(C(NN)C(F)(F)F)c(C)c1. The minimum Gasteiger partial charge on any atom is -0.497 e. The number of rotatable bonds is 3. The number of hydrogen-bond donors (Lipinski definition) is 2.